The SMILES string of the molecule is CC(NC(=O)C(O)C(C)C)C(=O)N1CCCC(C)(C(=O)NC(C)c2ccc3ccc(/C=C/C4(C(=O)O)CCC(=O)CC4)cc3n2)N1. The van der Waals surface area contributed by atoms with Gasteiger partial charge >= 0.3 is 5.97 Å². The number of hydrazine groups is 1. The molecule has 2 heterocycles. The molecule has 1 aromatic carbocycles. The van der Waals surface area contributed by atoms with Crippen LogP contribution in [0.5, 0.6) is 0 Å². The van der Waals surface area contributed by atoms with E-state index in [2.05, 4.69) is 16.1 Å². The second-order valence-electron chi connectivity index (χ2n) is 13.2. The molecule has 3 amide bonds. The number of benzene rings is 1. The van der Waals surface area contributed by atoms with E-state index in [9.17, 15) is 34.2 Å². The molecule has 4 rings (SSSR count). The lowest BCUT2D eigenvalue weighted by molar-refractivity contribution is -0.149. The topological polar surface area (TPSA) is 178 Å². The maximum absolute atomic E-state index is 13.5. The predicted molar refractivity (Wildman–Crippen MR) is 172 cm³/mol. The Hall–Kier alpha value is -4.16. The zero-order valence-corrected chi connectivity index (χ0v) is 27.1. The number of hydrogen-bond acceptors (Lipinski definition) is 8. The van der Waals surface area contributed by atoms with Gasteiger partial charge in [-0.15, -0.1) is 0 Å². The van der Waals surface area contributed by atoms with E-state index < -0.39 is 46.9 Å². The number of aromatic nitrogens is 1. The number of amides is 3. The van der Waals surface area contributed by atoms with Crippen LogP contribution in [0.2, 0.25) is 0 Å². The van der Waals surface area contributed by atoms with Gasteiger partial charge in [-0.05, 0) is 70.1 Å². The Balaban J connectivity index is 1.43. The fourth-order valence-corrected chi connectivity index (χ4v) is 5.83. The second kappa shape index (κ2) is 14.1. The van der Waals surface area contributed by atoms with Gasteiger partial charge in [0.1, 0.15) is 23.5 Å². The zero-order valence-electron chi connectivity index (χ0n) is 27.1. The molecule has 46 heavy (non-hydrogen) atoms. The van der Waals surface area contributed by atoms with Crippen molar-refractivity contribution >= 4 is 46.5 Å². The normalized spacial score (nSPS) is 22.0. The lowest BCUT2D eigenvalue weighted by Gasteiger charge is -2.41. The van der Waals surface area contributed by atoms with Crippen molar-refractivity contribution in [3.05, 3.63) is 47.7 Å². The molecule has 12 nitrogen and oxygen atoms in total. The summed E-state index contributed by atoms with van der Waals surface area (Å²) in [7, 11) is 0. The maximum Gasteiger partial charge on any atom is 0.313 e. The molecule has 5 N–H and O–H groups in total. The molecule has 0 bridgehead atoms. The van der Waals surface area contributed by atoms with Gasteiger partial charge < -0.3 is 20.8 Å². The van der Waals surface area contributed by atoms with E-state index in [4.69, 9.17) is 4.98 Å². The minimum atomic E-state index is -1.23. The molecule has 248 valence electrons. The molecule has 1 aliphatic heterocycles. The fraction of sp³-hybridized carbons (Fsp3) is 0.529. The molecule has 1 saturated heterocycles. The number of pyridine rings is 1. The van der Waals surface area contributed by atoms with Crippen LogP contribution in [-0.2, 0) is 24.0 Å². The Bertz CT molecular complexity index is 1530. The van der Waals surface area contributed by atoms with E-state index in [1.54, 1.807) is 32.9 Å². The average molecular weight is 636 g/mol. The second-order valence-corrected chi connectivity index (χ2v) is 13.2. The number of aliphatic hydroxyl groups excluding tert-OH is 1. The molecule has 1 saturated carbocycles. The third kappa shape index (κ3) is 7.79. The Labute approximate surface area is 269 Å². The van der Waals surface area contributed by atoms with Crippen molar-refractivity contribution in [2.24, 2.45) is 11.3 Å². The highest BCUT2D eigenvalue weighted by Crippen LogP contribution is 2.37. The number of aliphatic carboxylic acids is 1. The minimum absolute atomic E-state index is 0.0895. The summed E-state index contributed by atoms with van der Waals surface area (Å²) in [6.45, 7) is 8.86. The van der Waals surface area contributed by atoms with E-state index in [1.807, 2.05) is 37.3 Å². The van der Waals surface area contributed by atoms with E-state index in [-0.39, 0.29) is 43.3 Å². The van der Waals surface area contributed by atoms with Crippen LogP contribution in [0.4, 0.5) is 0 Å². The number of nitrogens with one attached hydrogen (secondary N) is 3. The quantitative estimate of drug-likeness (QED) is 0.262. The average Bonchev–Trinajstić information content (AvgIpc) is 3.03. The first-order chi connectivity index (χ1) is 21.6. The van der Waals surface area contributed by atoms with Crippen molar-refractivity contribution in [1.29, 1.82) is 0 Å². The van der Waals surface area contributed by atoms with Gasteiger partial charge in [0.25, 0.3) is 5.91 Å². The fourth-order valence-electron chi connectivity index (χ4n) is 5.83. The highest BCUT2D eigenvalue weighted by atomic mass is 16.4. The van der Waals surface area contributed by atoms with Gasteiger partial charge in [-0.2, -0.15) is 0 Å². The summed E-state index contributed by atoms with van der Waals surface area (Å²) in [6.07, 6.45) is 4.35. The number of carboxylic acid groups (broad SMARTS) is 1. The lowest BCUT2D eigenvalue weighted by atomic mass is 9.73. The standard InChI is InChI=1S/C34H45N5O7/c1-20(2)28(41)29(42)35-22(4)30(43)39-18-6-14-33(5,38-39)31(44)36-21(3)26-10-9-24-8-7-23(19-27(24)37-26)11-15-34(32(45)46)16-12-25(40)13-17-34/h7-11,15,19-22,28,38,41H,6,12-14,16-18H2,1-5H3,(H,35,42)(H,36,44)(H,45,46)/b15-11+. The molecule has 0 radical (unpaired) electrons. The number of carbonyl (C=O) groups excluding carboxylic acids is 4. The van der Waals surface area contributed by atoms with E-state index >= 15 is 0 Å². The van der Waals surface area contributed by atoms with Crippen LogP contribution in [0.25, 0.3) is 17.0 Å². The van der Waals surface area contributed by atoms with Crippen molar-refractivity contribution in [3.8, 4) is 0 Å². The van der Waals surface area contributed by atoms with Crippen LogP contribution in [0.15, 0.2) is 36.4 Å². The molecule has 4 atom stereocenters. The number of fused-ring (bicyclic) bond motifs is 1. The van der Waals surface area contributed by atoms with E-state index in [1.165, 1.54) is 11.9 Å². The van der Waals surface area contributed by atoms with Gasteiger partial charge in [0.05, 0.1) is 22.7 Å². The molecule has 2 aliphatic rings. The van der Waals surface area contributed by atoms with Crippen molar-refractivity contribution < 1.29 is 34.2 Å². The summed E-state index contributed by atoms with van der Waals surface area (Å²) in [5, 5.41) is 27.7. The smallest absolute Gasteiger partial charge is 0.313 e. The number of nitrogens with zero attached hydrogens (tertiary/aromatic N) is 2. The number of carboxylic acids is 1. The molecule has 12 heteroatoms. The first-order valence-corrected chi connectivity index (χ1v) is 15.9. The van der Waals surface area contributed by atoms with Gasteiger partial charge in [0.15, 0.2) is 0 Å². The molecule has 2 fully saturated rings. The molecule has 0 spiro atoms. The Morgan fingerprint density at radius 2 is 1.70 bits per heavy atom. The number of hydrogen-bond donors (Lipinski definition) is 5. The summed E-state index contributed by atoms with van der Waals surface area (Å²) < 4.78 is 0. The number of carbonyl (C=O) groups is 5. The molecule has 1 aliphatic carbocycles. The highest BCUT2D eigenvalue weighted by Gasteiger charge is 2.41. The largest absolute Gasteiger partial charge is 0.481 e. The van der Waals surface area contributed by atoms with Gasteiger partial charge in [-0.25, -0.2) is 5.43 Å². The Morgan fingerprint density at radius 3 is 2.35 bits per heavy atom. The van der Waals surface area contributed by atoms with Crippen molar-refractivity contribution in [2.75, 3.05) is 6.54 Å². The third-order valence-electron chi connectivity index (χ3n) is 9.09. The number of aliphatic hydroxyl groups is 1. The van der Waals surface area contributed by atoms with Crippen molar-refractivity contribution in [2.45, 2.75) is 96.9 Å². The first-order valence-electron chi connectivity index (χ1n) is 15.9. The summed E-state index contributed by atoms with van der Waals surface area (Å²) in [6, 6.07) is 8.03. The van der Waals surface area contributed by atoms with Crippen molar-refractivity contribution in [3.63, 3.8) is 0 Å². The minimum Gasteiger partial charge on any atom is -0.481 e. The third-order valence-corrected chi connectivity index (χ3v) is 9.09. The predicted octanol–water partition coefficient (Wildman–Crippen LogP) is 3.05. The number of rotatable bonds is 10. The van der Waals surface area contributed by atoms with Crippen LogP contribution in [-0.4, -0.2) is 73.9 Å². The number of ketones is 1. The van der Waals surface area contributed by atoms with Gasteiger partial charge in [0.2, 0.25) is 11.8 Å². The van der Waals surface area contributed by atoms with Crippen LogP contribution in [0.3, 0.4) is 0 Å². The van der Waals surface area contributed by atoms with Crippen LogP contribution in [0.1, 0.15) is 90.4 Å². The lowest BCUT2D eigenvalue weighted by Crippen LogP contribution is -2.67. The molecule has 1 aromatic heterocycles. The van der Waals surface area contributed by atoms with Gasteiger partial charge in [-0.3, -0.25) is 34.0 Å². The van der Waals surface area contributed by atoms with Crippen molar-refractivity contribution in [1.82, 2.24) is 26.1 Å². The van der Waals surface area contributed by atoms with E-state index in [0.717, 1.165) is 10.9 Å². The molecule has 4 unspecified atom stereocenters. The molecular formula is C34H45N5O7. The Morgan fingerprint density at radius 1 is 1.02 bits per heavy atom. The molecule has 2 aromatic rings. The summed E-state index contributed by atoms with van der Waals surface area (Å²) in [5.41, 5.74) is 2.98. The van der Waals surface area contributed by atoms with Gasteiger partial charge in [-0.1, -0.05) is 44.2 Å². The summed E-state index contributed by atoms with van der Waals surface area (Å²) in [4.78, 5) is 67.4. The number of Topliss-reactive ketones (excluding diaryl/α,β-unsaturated/α-hetero) is 1. The zero-order chi connectivity index (χ0) is 33.8. The van der Waals surface area contributed by atoms with E-state index in [0.29, 0.717) is 30.6 Å². The summed E-state index contributed by atoms with van der Waals surface area (Å²) >= 11 is 0. The van der Waals surface area contributed by atoms with Gasteiger partial charge in [0, 0.05) is 24.8 Å². The first kappa shape index (κ1) is 34.7. The molecular weight excluding hydrogens is 590 g/mol. The monoisotopic (exact) mass is 635 g/mol. The summed E-state index contributed by atoms with van der Waals surface area (Å²) in [5.74, 6) is -2.49. The highest BCUT2D eigenvalue weighted by molar-refractivity contribution is 5.91. The maximum atomic E-state index is 13.5. The Kier molecular flexibility index (Phi) is 10.6. The van der Waals surface area contributed by atoms with Crippen LogP contribution >= 0.6 is 0 Å². The van der Waals surface area contributed by atoms with Crippen LogP contribution < -0.4 is 16.1 Å². The van der Waals surface area contributed by atoms with Crippen LogP contribution in [0, 0.1) is 11.3 Å².